The van der Waals surface area contributed by atoms with Gasteiger partial charge in [-0.3, -0.25) is 4.90 Å². The molecule has 3 aromatic carbocycles. The van der Waals surface area contributed by atoms with E-state index in [2.05, 4.69) is 36.2 Å². The monoisotopic (exact) mass is 593 g/mol. The summed E-state index contributed by atoms with van der Waals surface area (Å²) in [7, 11) is 0. The number of anilines is 1. The zero-order valence-electron chi connectivity index (χ0n) is 24.7. The van der Waals surface area contributed by atoms with Gasteiger partial charge in [0.2, 0.25) is 0 Å². The summed E-state index contributed by atoms with van der Waals surface area (Å²) in [5.41, 5.74) is 13.2. The number of carbonyl (C=O) groups excluding carboxylic acids is 1. The maximum absolute atomic E-state index is 15.4. The zero-order valence-corrected chi connectivity index (χ0v) is 24.7. The van der Waals surface area contributed by atoms with Crippen LogP contribution in [0.15, 0.2) is 48.5 Å². The number of para-hydroxylation sites is 1. The van der Waals surface area contributed by atoms with Crippen LogP contribution in [-0.4, -0.2) is 27.3 Å². The van der Waals surface area contributed by atoms with Gasteiger partial charge in [-0.2, -0.15) is 18.3 Å². The van der Waals surface area contributed by atoms with Gasteiger partial charge in [0.05, 0.1) is 28.3 Å². The number of benzene rings is 3. The fraction of sp³-hybridized carbons (Fsp3) is 0.333. The first kappa shape index (κ1) is 30.3. The molecule has 1 aliphatic heterocycles. The normalized spacial score (nSPS) is 13.7. The molecule has 2 amide bonds. The van der Waals surface area contributed by atoms with Crippen molar-refractivity contribution in [3.63, 3.8) is 0 Å². The van der Waals surface area contributed by atoms with Gasteiger partial charge in [0.1, 0.15) is 5.82 Å². The largest absolute Gasteiger partial charge is 0.416 e. The Morgan fingerprint density at radius 1 is 1.00 bits per heavy atom. The molecule has 0 unspecified atom stereocenters. The highest BCUT2D eigenvalue weighted by molar-refractivity contribution is 5.89. The number of primary amides is 1. The van der Waals surface area contributed by atoms with Crippen LogP contribution in [0.2, 0.25) is 0 Å². The van der Waals surface area contributed by atoms with Crippen LogP contribution in [-0.2, 0) is 38.5 Å². The fourth-order valence-corrected chi connectivity index (χ4v) is 5.95. The SMILES string of the molecule is CCc1cccc(CC)c1-n1nc2c(c1-c1cc(F)c(NC(N)=O)cc1C)CN(Cc1ccc(C(F)(F)F)cc1C)CC2. The van der Waals surface area contributed by atoms with Gasteiger partial charge in [-0.05, 0) is 78.8 Å². The van der Waals surface area contributed by atoms with Crippen molar-refractivity contribution in [2.24, 2.45) is 5.73 Å². The number of amides is 2. The van der Waals surface area contributed by atoms with Crippen molar-refractivity contribution < 1.29 is 22.4 Å². The van der Waals surface area contributed by atoms with Crippen LogP contribution in [0.1, 0.15) is 58.5 Å². The summed E-state index contributed by atoms with van der Waals surface area (Å²) < 4.78 is 57.1. The minimum atomic E-state index is -4.39. The second-order valence-electron chi connectivity index (χ2n) is 11.1. The summed E-state index contributed by atoms with van der Waals surface area (Å²) >= 11 is 0. The molecule has 4 aromatic rings. The number of urea groups is 1. The summed E-state index contributed by atoms with van der Waals surface area (Å²) in [4.78, 5) is 13.7. The molecule has 0 saturated heterocycles. The number of nitrogens with one attached hydrogen (secondary N) is 1. The molecule has 10 heteroatoms. The number of aromatic nitrogens is 2. The lowest BCUT2D eigenvalue weighted by molar-refractivity contribution is -0.137. The maximum atomic E-state index is 15.4. The van der Waals surface area contributed by atoms with E-state index in [9.17, 15) is 18.0 Å². The van der Waals surface area contributed by atoms with Gasteiger partial charge in [0.15, 0.2) is 0 Å². The minimum Gasteiger partial charge on any atom is -0.351 e. The number of halogens is 4. The lowest BCUT2D eigenvalue weighted by Gasteiger charge is -2.28. The van der Waals surface area contributed by atoms with Crippen LogP contribution in [0.3, 0.4) is 0 Å². The molecule has 0 spiro atoms. The molecule has 226 valence electrons. The molecule has 1 aromatic heterocycles. The van der Waals surface area contributed by atoms with E-state index in [1.165, 1.54) is 12.1 Å². The molecule has 6 nitrogen and oxygen atoms in total. The van der Waals surface area contributed by atoms with E-state index in [0.29, 0.717) is 37.2 Å². The predicted octanol–water partition coefficient (Wildman–Crippen LogP) is 7.49. The fourth-order valence-electron chi connectivity index (χ4n) is 5.95. The summed E-state index contributed by atoms with van der Waals surface area (Å²) in [6, 6.07) is 12.2. The van der Waals surface area contributed by atoms with Gasteiger partial charge in [0.25, 0.3) is 0 Å². The molecule has 0 radical (unpaired) electrons. The van der Waals surface area contributed by atoms with Crippen LogP contribution < -0.4 is 11.1 Å². The quantitative estimate of drug-likeness (QED) is 0.218. The Kier molecular flexibility index (Phi) is 8.34. The minimum absolute atomic E-state index is 0.00343. The molecule has 43 heavy (non-hydrogen) atoms. The topological polar surface area (TPSA) is 76.2 Å². The molecular weight excluding hydrogens is 558 g/mol. The Bertz CT molecular complexity index is 1670. The molecule has 0 bridgehead atoms. The highest BCUT2D eigenvalue weighted by atomic mass is 19.4. The molecule has 5 rings (SSSR count). The number of carbonyl (C=O) groups is 1. The first-order chi connectivity index (χ1) is 20.4. The van der Waals surface area contributed by atoms with Crippen molar-refractivity contribution >= 4 is 11.7 Å². The Morgan fingerprint density at radius 3 is 2.30 bits per heavy atom. The standard InChI is InChI=1S/C33H35F4N5O/c1-5-21-8-7-9-22(6-2)30(21)42-31(25-16-27(34)29(15-20(25)4)39-32(38)43)26-18-41(13-12-28(26)40-42)17-23-10-11-24(14-19(23)3)33(35,36)37/h7-11,14-16H,5-6,12-13,17-18H2,1-4H3,(H3,38,39,43). The number of alkyl halides is 3. The molecule has 2 heterocycles. The van der Waals surface area contributed by atoms with Crippen molar-refractivity contribution in [2.75, 3.05) is 11.9 Å². The van der Waals surface area contributed by atoms with Crippen LogP contribution in [0.5, 0.6) is 0 Å². The molecule has 0 aliphatic carbocycles. The van der Waals surface area contributed by atoms with Crippen molar-refractivity contribution in [3.8, 4) is 16.9 Å². The first-order valence-corrected chi connectivity index (χ1v) is 14.4. The number of rotatable bonds is 7. The van der Waals surface area contributed by atoms with Crippen LogP contribution >= 0.6 is 0 Å². The number of hydrogen-bond donors (Lipinski definition) is 2. The van der Waals surface area contributed by atoms with Gasteiger partial charge < -0.3 is 11.1 Å². The van der Waals surface area contributed by atoms with Gasteiger partial charge in [-0.1, -0.05) is 38.1 Å². The summed E-state index contributed by atoms with van der Waals surface area (Å²) in [6.07, 6.45) is -2.20. The third-order valence-corrected chi connectivity index (χ3v) is 8.18. The van der Waals surface area contributed by atoms with Crippen LogP contribution in [0.25, 0.3) is 16.9 Å². The van der Waals surface area contributed by atoms with Crippen molar-refractivity contribution in [1.29, 1.82) is 0 Å². The summed E-state index contributed by atoms with van der Waals surface area (Å²) in [6.45, 7) is 9.36. The molecule has 0 fully saturated rings. The van der Waals surface area contributed by atoms with Gasteiger partial charge >= 0.3 is 12.2 Å². The second kappa shape index (κ2) is 11.8. The highest BCUT2D eigenvalue weighted by Crippen LogP contribution is 2.39. The van der Waals surface area contributed by atoms with Crippen molar-refractivity contribution in [1.82, 2.24) is 14.7 Å². The van der Waals surface area contributed by atoms with E-state index in [4.69, 9.17) is 10.8 Å². The predicted molar refractivity (Wildman–Crippen MR) is 160 cm³/mol. The van der Waals surface area contributed by atoms with Crippen molar-refractivity contribution in [2.45, 2.75) is 66.2 Å². The molecule has 0 atom stereocenters. The third kappa shape index (κ3) is 6.01. The van der Waals surface area contributed by atoms with Gasteiger partial charge in [0, 0.05) is 37.2 Å². The Labute approximate surface area is 248 Å². The number of nitrogens with zero attached hydrogens (tertiary/aromatic N) is 3. The second-order valence-corrected chi connectivity index (χ2v) is 11.1. The van der Waals surface area contributed by atoms with E-state index in [1.807, 2.05) is 17.7 Å². The average molecular weight is 594 g/mol. The van der Waals surface area contributed by atoms with E-state index < -0.39 is 23.6 Å². The lowest BCUT2D eigenvalue weighted by Crippen LogP contribution is -2.30. The van der Waals surface area contributed by atoms with E-state index in [-0.39, 0.29) is 5.69 Å². The first-order valence-electron chi connectivity index (χ1n) is 14.4. The van der Waals surface area contributed by atoms with Crippen LogP contribution in [0.4, 0.5) is 28.0 Å². The molecule has 3 N–H and O–H groups in total. The number of aryl methyl sites for hydroxylation is 4. The Balaban J connectivity index is 1.63. The smallest absolute Gasteiger partial charge is 0.351 e. The van der Waals surface area contributed by atoms with Gasteiger partial charge in [-0.25, -0.2) is 13.9 Å². The summed E-state index contributed by atoms with van der Waals surface area (Å²) in [5.74, 6) is -0.617. The van der Waals surface area contributed by atoms with Gasteiger partial charge in [-0.15, -0.1) is 0 Å². The summed E-state index contributed by atoms with van der Waals surface area (Å²) in [5, 5.41) is 7.45. The Hall–Kier alpha value is -4.18. The number of fused-ring (bicyclic) bond motifs is 1. The van der Waals surface area contributed by atoms with E-state index in [1.54, 1.807) is 19.1 Å². The van der Waals surface area contributed by atoms with E-state index >= 15 is 4.39 Å². The average Bonchev–Trinajstić information content (AvgIpc) is 3.32. The Morgan fingerprint density at radius 2 is 1.70 bits per heavy atom. The van der Waals surface area contributed by atoms with Crippen LogP contribution in [0, 0.1) is 19.7 Å². The molecule has 1 aliphatic rings. The molecule has 0 saturated carbocycles. The lowest BCUT2D eigenvalue weighted by atomic mass is 9.95. The third-order valence-electron chi connectivity index (χ3n) is 8.18. The highest BCUT2D eigenvalue weighted by Gasteiger charge is 2.32. The maximum Gasteiger partial charge on any atom is 0.416 e. The van der Waals surface area contributed by atoms with E-state index in [0.717, 1.165) is 63.8 Å². The zero-order chi connectivity index (χ0) is 31.1. The number of hydrogen-bond acceptors (Lipinski definition) is 3. The number of nitrogens with two attached hydrogens (primary N) is 1. The van der Waals surface area contributed by atoms with Crippen molar-refractivity contribution in [3.05, 3.63) is 99.0 Å². The molecular formula is C33H35F4N5O.